The van der Waals surface area contributed by atoms with E-state index in [2.05, 4.69) is 10.3 Å². The maximum absolute atomic E-state index is 13.9. The number of carbonyl (C=O) groups is 1. The van der Waals surface area contributed by atoms with Gasteiger partial charge in [-0.2, -0.15) is 0 Å². The lowest BCUT2D eigenvalue weighted by Crippen LogP contribution is -2.09. The number of anilines is 2. The third kappa shape index (κ3) is 2.53. The number of esters is 1. The highest BCUT2D eigenvalue weighted by Crippen LogP contribution is 2.44. The third-order valence-electron chi connectivity index (χ3n) is 3.82. The molecule has 126 valence electrons. The molecule has 0 radical (unpaired) electrons. The summed E-state index contributed by atoms with van der Waals surface area (Å²) in [5.41, 5.74) is 1.31. The smallest absolute Gasteiger partial charge is 0.341 e. The van der Waals surface area contributed by atoms with E-state index >= 15 is 0 Å². The Kier molecular flexibility index (Phi) is 3.49. The number of nitrogens with zero attached hydrogens (tertiary/aromatic N) is 1. The maximum Gasteiger partial charge on any atom is 0.341 e. The van der Waals surface area contributed by atoms with E-state index in [9.17, 15) is 13.6 Å². The van der Waals surface area contributed by atoms with Crippen LogP contribution in [0, 0.1) is 11.6 Å². The highest BCUT2D eigenvalue weighted by Gasteiger charge is 2.24. The Hall–Kier alpha value is -3.22. The van der Waals surface area contributed by atoms with Crippen molar-refractivity contribution in [1.82, 2.24) is 4.98 Å². The number of carbonyl (C=O) groups excluding carboxylic acids is 1. The van der Waals surface area contributed by atoms with Crippen LogP contribution in [0.1, 0.15) is 17.3 Å². The fourth-order valence-corrected chi connectivity index (χ4v) is 2.77. The van der Waals surface area contributed by atoms with Crippen molar-refractivity contribution in [3.63, 3.8) is 0 Å². The monoisotopic (exact) mass is 342 g/mol. The van der Waals surface area contributed by atoms with Crippen LogP contribution in [0.4, 0.5) is 20.2 Å². The molecule has 0 amide bonds. The lowest BCUT2D eigenvalue weighted by atomic mass is 10.1. The molecule has 2 aromatic carbocycles. The Labute approximate surface area is 141 Å². The summed E-state index contributed by atoms with van der Waals surface area (Å²) < 4.78 is 38.2. The molecule has 0 bridgehead atoms. The molecule has 1 aliphatic heterocycles. The first kappa shape index (κ1) is 15.3. The maximum atomic E-state index is 13.9. The van der Waals surface area contributed by atoms with Crippen molar-refractivity contribution < 1.29 is 23.0 Å². The van der Waals surface area contributed by atoms with Gasteiger partial charge >= 0.3 is 5.97 Å². The predicted molar refractivity (Wildman–Crippen MR) is 87.4 cm³/mol. The number of benzene rings is 2. The number of hydrogen-bond donors (Lipinski definition) is 1. The zero-order valence-corrected chi connectivity index (χ0v) is 13.1. The Morgan fingerprint density at radius 1 is 1.20 bits per heavy atom. The minimum atomic E-state index is -0.569. The molecule has 0 aliphatic carbocycles. The number of aromatic nitrogens is 1. The molecule has 0 saturated heterocycles. The first-order valence-corrected chi connectivity index (χ1v) is 7.60. The quantitative estimate of drug-likeness (QED) is 0.542. The minimum absolute atomic E-state index is 0.139. The van der Waals surface area contributed by atoms with E-state index in [1.807, 2.05) is 0 Å². The van der Waals surface area contributed by atoms with Gasteiger partial charge in [0.2, 0.25) is 0 Å². The van der Waals surface area contributed by atoms with Crippen LogP contribution in [0.5, 0.6) is 11.5 Å². The third-order valence-corrected chi connectivity index (χ3v) is 3.82. The summed E-state index contributed by atoms with van der Waals surface area (Å²) in [5.74, 6) is -1.30. The molecule has 25 heavy (non-hydrogen) atoms. The van der Waals surface area contributed by atoms with E-state index in [0.717, 1.165) is 0 Å². The Bertz CT molecular complexity index is 1020. The van der Waals surface area contributed by atoms with Gasteiger partial charge in [-0.3, -0.25) is 4.98 Å². The largest absolute Gasteiger partial charge is 0.462 e. The van der Waals surface area contributed by atoms with Crippen LogP contribution in [-0.2, 0) is 4.74 Å². The van der Waals surface area contributed by atoms with Gasteiger partial charge in [0.1, 0.15) is 22.9 Å². The van der Waals surface area contributed by atoms with Gasteiger partial charge in [0.15, 0.2) is 5.75 Å². The molecule has 5 nitrogen and oxygen atoms in total. The summed E-state index contributed by atoms with van der Waals surface area (Å²) in [6, 6.07) is 6.33. The molecule has 4 rings (SSSR count). The number of rotatable bonds is 2. The number of pyridine rings is 1. The van der Waals surface area contributed by atoms with Crippen molar-refractivity contribution in [2.45, 2.75) is 6.92 Å². The fraction of sp³-hybridized carbons (Fsp3) is 0.111. The summed E-state index contributed by atoms with van der Waals surface area (Å²) >= 11 is 0. The predicted octanol–water partition coefficient (Wildman–Crippen LogP) is 4.54. The van der Waals surface area contributed by atoms with Gasteiger partial charge in [-0.1, -0.05) is 0 Å². The Morgan fingerprint density at radius 2 is 2.00 bits per heavy atom. The average molecular weight is 342 g/mol. The molecule has 7 heteroatoms. The normalized spacial score (nSPS) is 12.0. The lowest BCUT2D eigenvalue weighted by Gasteiger charge is -2.12. The second-order valence-corrected chi connectivity index (χ2v) is 5.43. The summed E-state index contributed by atoms with van der Waals surface area (Å²) in [7, 11) is 0. The van der Waals surface area contributed by atoms with E-state index in [1.54, 1.807) is 6.92 Å². The summed E-state index contributed by atoms with van der Waals surface area (Å²) in [5, 5.41) is 3.49. The molecule has 0 atom stereocenters. The van der Waals surface area contributed by atoms with Crippen LogP contribution >= 0.6 is 0 Å². The second kappa shape index (κ2) is 5.70. The Balaban J connectivity index is 2.02. The van der Waals surface area contributed by atoms with Crippen LogP contribution in [0.2, 0.25) is 0 Å². The van der Waals surface area contributed by atoms with E-state index in [4.69, 9.17) is 9.47 Å². The van der Waals surface area contributed by atoms with Gasteiger partial charge in [0.05, 0.1) is 28.9 Å². The average Bonchev–Trinajstić information content (AvgIpc) is 2.72. The van der Waals surface area contributed by atoms with Crippen LogP contribution in [0.15, 0.2) is 36.5 Å². The molecular formula is C18H12F2N2O3. The van der Waals surface area contributed by atoms with Gasteiger partial charge in [-0.15, -0.1) is 0 Å². The van der Waals surface area contributed by atoms with E-state index in [0.29, 0.717) is 22.3 Å². The van der Waals surface area contributed by atoms with E-state index in [-0.39, 0.29) is 23.7 Å². The molecule has 3 aromatic rings. The van der Waals surface area contributed by atoms with E-state index < -0.39 is 17.6 Å². The zero-order valence-electron chi connectivity index (χ0n) is 13.1. The number of hydrogen-bond acceptors (Lipinski definition) is 5. The molecule has 0 fully saturated rings. The van der Waals surface area contributed by atoms with Crippen LogP contribution in [0.3, 0.4) is 0 Å². The molecule has 2 heterocycles. The highest BCUT2D eigenvalue weighted by molar-refractivity contribution is 6.09. The number of nitrogens with one attached hydrogen (secondary N) is 1. The van der Waals surface area contributed by atoms with Crippen LogP contribution in [0.25, 0.3) is 10.9 Å². The van der Waals surface area contributed by atoms with Crippen molar-refractivity contribution in [2.75, 3.05) is 11.9 Å². The lowest BCUT2D eigenvalue weighted by molar-refractivity contribution is 0.0527. The molecule has 0 unspecified atom stereocenters. The van der Waals surface area contributed by atoms with E-state index in [1.165, 1.54) is 36.5 Å². The van der Waals surface area contributed by atoms with Gasteiger partial charge in [-0.05, 0) is 19.1 Å². The molecule has 1 aliphatic rings. The topological polar surface area (TPSA) is 60.5 Å². The Morgan fingerprint density at radius 3 is 2.80 bits per heavy atom. The van der Waals surface area contributed by atoms with Gasteiger partial charge in [-0.25, -0.2) is 13.6 Å². The summed E-state index contributed by atoms with van der Waals surface area (Å²) in [4.78, 5) is 16.4. The minimum Gasteiger partial charge on any atom is -0.462 e. The number of halogens is 2. The molecule has 0 spiro atoms. The van der Waals surface area contributed by atoms with Crippen molar-refractivity contribution in [3.8, 4) is 11.5 Å². The highest BCUT2D eigenvalue weighted by atomic mass is 19.1. The van der Waals surface area contributed by atoms with Gasteiger partial charge in [0.25, 0.3) is 0 Å². The van der Waals surface area contributed by atoms with Gasteiger partial charge < -0.3 is 14.8 Å². The molecule has 0 saturated carbocycles. The van der Waals surface area contributed by atoms with Crippen molar-refractivity contribution in [2.24, 2.45) is 0 Å². The van der Waals surface area contributed by atoms with Crippen LogP contribution in [-0.4, -0.2) is 17.6 Å². The summed E-state index contributed by atoms with van der Waals surface area (Å²) in [6.07, 6.45) is 1.32. The summed E-state index contributed by atoms with van der Waals surface area (Å²) in [6.45, 7) is 1.89. The molecule has 1 N–H and O–H groups in total. The van der Waals surface area contributed by atoms with Crippen molar-refractivity contribution in [3.05, 3.63) is 53.7 Å². The second-order valence-electron chi connectivity index (χ2n) is 5.43. The number of fused-ring (bicyclic) bond motifs is 1. The standard InChI is InChI=1S/C18H12F2N2O3/c1-2-24-18(23)11-8-21-13-5-10(20)7-15-16(13)17(11)22-12-4-3-9(19)6-14(12)25-15/h3-8,22H,2H2,1H3. The van der Waals surface area contributed by atoms with Gasteiger partial charge in [0, 0.05) is 24.4 Å². The SMILES string of the molecule is CCOC(=O)c1cnc2cc(F)cc3c2c1Nc1ccc(F)cc1O3. The van der Waals surface area contributed by atoms with Crippen molar-refractivity contribution >= 4 is 28.2 Å². The zero-order chi connectivity index (χ0) is 17.6. The van der Waals surface area contributed by atoms with Crippen molar-refractivity contribution in [1.29, 1.82) is 0 Å². The first-order chi connectivity index (χ1) is 12.1. The van der Waals surface area contributed by atoms with Crippen LogP contribution < -0.4 is 10.1 Å². The molecule has 1 aromatic heterocycles. The number of ether oxygens (including phenoxy) is 2. The molecular weight excluding hydrogens is 330 g/mol. The first-order valence-electron chi connectivity index (χ1n) is 7.60. The fourth-order valence-electron chi connectivity index (χ4n) is 2.77.